The second-order valence-electron chi connectivity index (χ2n) is 6.97. The molecule has 31 heavy (non-hydrogen) atoms. The van der Waals surface area contributed by atoms with Crippen molar-refractivity contribution in [3.8, 4) is 11.3 Å². The van der Waals surface area contributed by atoms with Crippen molar-refractivity contribution in [2.24, 2.45) is 0 Å². The normalized spacial score (nSPS) is 14.5. The third-order valence-electron chi connectivity index (χ3n) is 4.72. The topological polar surface area (TPSA) is 54.9 Å². The van der Waals surface area contributed by atoms with E-state index in [-0.39, 0.29) is 27.7 Å². The van der Waals surface area contributed by atoms with Crippen molar-refractivity contribution >= 4 is 23.1 Å². The number of aromatic nitrogens is 2. The smallest absolute Gasteiger partial charge is 0.321 e. The van der Waals surface area contributed by atoms with E-state index in [1.165, 1.54) is 24.3 Å². The molecule has 0 spiro atoms. The van der Waals surface area contributed by atoms with Crippen molar-refractivity contribution in [2.75, 3.05) is 5.32 Å². The van der Waals surface area contributed by atoms with E-state index in [1.54, 1.807) is 0 Å². The van der Waals surface area contributed by atoms with Gasteiger partial charge in [0.2, 0.25) is 0 Å². The molecule has 0 atom stereocenters. The van der Waals surface area contributed by atoms with Gasteiger partial charge in [0.25, 0.3) is 5.91 Å². The zero-order valence-corrected chi connectivity index (χ0v) is 16.3. The SMILES string of the molecule is O=C(Nc1ccnc(C(F)(F)F)c1)c1snc(-c2ccccc2C(F)(F)F)c1C1CC1. The summed E-state index contributed by atoms with van der Waals surface area (Å²) in [6.07, 6.45) is -6.99. The fourth-order valence-electron chi connectivity index (χ4n) is 3.19. The predicted octanol–water partition coefficient (Wildman–Crippen LogP) is 6.37. The van der Waals surface area contributed by atoms with Crippen LogP contribution in [0.3, 0.4) is 0 Å². The highest BCUT2D eigenvalue weighted by molar-refractivity contribution is 7.08. The summed E-state index contributed by atoms with van der Waals surface area (Å²) >= 11 is 0.729. The molecule has 1 amide bonds. The van der Waals surface area contributed by atoms with E-state index in [4.69, 9.17) is 0 Å². The Morgan fingerprint density at radius 3 is 2.39 bits per heavy atom. The van der Waals surface area contributed by atoms with Gasteiger partial charge < -0.3 is 5.32 Å². The van der Waals surface area contributed by atoms with Gasteiger partial charge in [-0.15, -0.1) is 0 Å². The Morgan fingerprint density at radius 1 is 1.03 bits per heavy atom. The van der Waals surface area contributed by atoms with Crippen molar-refractivity contribution in [3.63, 3.8) is 0 Å². The Labute approximate surface area is 176 Å². The molecule has 162 valence electrons. The summed E-state index contributed by atoms with van der Waals surface area (Å²) < 4.78 is 83.1. The molecule has 0 bridgehead atoms. The van der Waals surface area contributed by atoms with Crippen LogP contribution in [0, 0.1) is 0 Å². The molecule has 0 saturated heterocycles. The maximum absolute atomic E-state index is 13.5. The van der Waals surface area contributed by atoms with Crippen LogP contribution in [0.1, 0.15) is 45.3 Å². The molecule has 1 N–H and O–H groups in total. The van der Waals surface area contributed by atoms with Gasteiger partial charge in [-0.25, -0.2) is 0 Å². The zero-order chi connectivity index (χ0) is 22.4. The lowest BCUT2D eigenvalue weighted by molar-refractivity contribution is -0.141. The molecule has 0 aliphatic heterocycles. The number of hydrogen-bond donors (Lipinski definition) is 1. The molecule has 3 aromatic rings. The molecule has 2 aromatic heterocycles. The number of rotatable bonds is 4. The Kier molecular flexibility index (Phi) is 5.24. The average molecular weight is 457 g/mol. The number of alkyl halides is 6. The third-order valence-corrected chi connectivity index (χ3v) is 5.58. The summed E-state index contributed by atoms with van der Waals surface area (Å²) in [5, 5.41) is 2.37. The second-order valence-corrected chi connectivity index (χ2v) is 7.75. The van der Waals surface area contributed by atoms with E-state index in [0.29, 0.717) is 24.5 Å². The number of halogens is 6. The predicted molar refractivity (Wildman–Crippen MR) is 102 cm³/mol. The van der Waals surface area contributed by atoms with Crippen molar-refractivity contribution in [2.45, 2.75) is 31.1 Å². The second kappa shape index (κ2) is 7.63. The van der Waals surface area contributed by atoms with E-state index in [2.05, 4.69) is 14.7 Å². The number of nitrogens with one attached hydrogen (secondary N) is 1. The molecule has 0 radical (unpaired) electrons. The van der Waals surface area contributed by atoms with E-state index in [1.807, 2.05) is 0 Å². The first kappa shape index (κ1) is 21.3. The first-order valence-corrected chi connectivity index (χ1v) is 9.84. The number of pyridine rings is 1. The number of nitrogens with zero attached hydrogens (tertiary/aromatic N) is 2. The highest BCUT2D eigenvalue weighted by Crippen LogP contribution is 2.49. The van der Waals surface area contributed by atoms with Crippen LogP contribution in [0.2, 0.25) is 0 Å². The molecule has 0 unspecified atom stereocenters. The number of carbonyl (C=O) groups is 1. The summed E-state index contributed by atoms with van der Waals surface area (Å²) in [6, 6.07) is 6.85. The summed E-state index contributed by atoms with van der Waals surface area (Å²) in [5.74, 6) is -0.853. The van der Waals surface area contributed by atoms with Crippen molar-refractivity contribution in [3.05, 3.63) is 64.3 Å². The van der Waals surface area contributed by atoms with Gasteiger partial charge in [-0.05, 0) is 48.5 Å². The zero-order valence-electron chi connectivity index (χ0n) is 15.5. The summed E-state index contributed by atoms with van der Waals surface area (Å²) in [7, 11) is 0. The maximum Gasteiger partial charge on any atom is 0.433 e. The number of carbonyl (C=O) groups excluding carboxylic acids is 1. The monoisotopic (exact) mass is 457 g/mol. The summed E-state index contributed by atoms with van der Waals surface area (Å²) in [5.41, 5.74) is -1.81. The van der Waals surface area contributed by atoms with Gasteiger partial charge in [0, 0.05) is 23.0 Å². The first-order valence-electron chi connectivity index (χ1n) is 9.06. The minimum Gasteiger partial charge on any atom is -0.321 e. The van der Waals surface area contributed by atoms with Gasteiger partial charge in [-0.3, -0.25) is 9.78 Å². The lowest BCUT2D eigenvalue weighted by Gasteiger charge is -2.13. The van der Waals surface area contributed by atoms with Gasteiger partial charge in [0.1, 0.15) is 10.6 Å². The standard InChI is InChI=1S/C20H13F6N3OS/c21-19(22,23)13-4-2-1-3-12(13)16-15(10-5-6-10)17(31-29-16)18(30)28-11-7-8-27-14(9-11)20(24,25)26/h1-4,7-10H,5-6H2,(H,27,28,30). The Bertz CT molecular complexity index is 1130. The van der Waals surface area contributed by atoms with Crippen LogP contribution in [-0.4, -0.2) is 15.3 Å². The van der Waals surface area contributed by atoms with Gasteiger partial charge in [0.05, 0.1) is 11.3 Å². The first-order chi connectivity index (χ1) is 14.6. The van der Waals surface area contributed by atoms with Crippen molar-refractivity contribution in [1.29, 1.82) is 0 Å². The number of amides is 1. The molecule has 1 aliphatic carbocycles. The van der Waals surface area contributed by atoms with Crippen LogP contribution >= 0.6 is 11.5 Å². The van der Waals surface area contributed by atoms with E-state index >= 15 is 0 Å². The molecule has 1 aromatic carbocycles. The molecule has 1 fully saturated rings. The van der Waals surface area contributed by atoms with Crippen LogP contribution in [0.4, 0.5) is 32.0 Å². The molecule has 4 rings (SSSR count). The van der Waals surface area contributed by atoms with Gasteiger partial charge in [-0.2, -0.15) is 30.7 Å². The van der Waals surface area contributed by atoms with Gasteiger partial charge in [0.15, 0.2) is 0 Å². The minimum absolute atomic E-state index is 0.0799. The molecular formula is C20H13F6N3OS. The summed E-state index contributed by atoms with van der Waals surface area (Å²) in [6.45, 7) is 0. The lowest BCUT2D eigenvalue weighted by Crippen LogP contribution is -2.14. The Balaban J connectivity index is 1.71. The Morgan fingerprint density at radius 2 is 1.74 bits per heavy atom. The largest absolute Gasteiger partial charge is 0.433 e. The number of anilines is 1. The number of benzene rings is 1. The average Bonchev–Trinajstić information content (AvgIpc) is 3.44. The van der Waals surface area contributed by atoms with Gasteiger partial charge >= 0.3 is 12.4 Å². The van der Waals surface area contributed by atoms with Crippen molar-refractivity contribution in [1.82, 2.24) is 9.36 Å². The molecule has 1 saturated carbocycles. The van der Waals surface area contributed by atoms with E-state index < -0.39 is 29.5 Å². The van der Waals surface area contributed by atoms with E-state index in [9.17, 15) is 31.1 Å². The van der Waals surface area contributed by atoms with Crippen LogP contribution in [0.15, 0.2) is 42.6 Å². The fraction of sp³-hybridized carbons (Fsp3) is 0.250. The number of hydrogen-bond acceptors (Lipinski definition) is 4. The van der Waals surface area contributed by atoms with Crippen LogP contribution < -0.4 is 5.32 Å². The molecular weight excluding hydrogens is 444 g/mol. The molecule has 11 heteroatoms. The minimum atomic E-state index is -4.68. The van der Waals surface area contributed by atoms with Crippen molar-refractivity contribution < 1.29 is 31.1 Å². The fourth-order valence-corrected chi connectivity index (χ4v) is 4.07. The van der Waals surface area contributed by atoms with Crippen LogP contribution in [-0.2, 0) is 12.4 Å². The van der Waals surface area contributed by atoms with Crippen LogP contribution in [0.5, 0.6) is 0 Å². The highest BCUT2D eigenvalue weighted by atomic mass is 32.1. The maximum atomic E-state index is 13.5. The lowest BCUT2D eigenvalue weighted by atomic mass is 9.98. The molecule has 1 aliphatic rings. The van der Waals surface area contributed by atoms with E-state index in [0.717, 1.165) is 23.8 Å². The molecule has 4 nitrogen and oxygen atoms in total. The highest BCUT2D eigenvalue weighted by Gasteiger charge is 2.39. The third kappa shape index (κ3) is 4.41. The Hall–Kier alpha value is -2.95. The molecule has 2 heterocycles. The van der Waals surface area contributed by atoms with Gasteiger partial charge in [-0.1, -0.05) is 18.2 Å². The quantitative estimate of drug-likeness (QED) is 0.463. The summed E-state index contributed by atoms with van der Waals surface area (Å²) in [4.78, 5) is 16.1. The van der Waals surface area contributed by atoms with Crippen LogP contribution in [0.25, 0.3) is 11.3 Å².